The van der Waals surface area contributed by atoms with Gasteiger partial charge in [0.25, 0.3) is 5.91 Å². The van der Waals surface area contributed by atoms with E-state index < -0.39 is 15.9 Å². The number of sulfone groups is 1. The lowest BCUT2D eigenvalue weighted by atomic mass is 10.2. The molecule has 0 aliphatic carbocycles. The van der Waals surface area contributed by atoms with E-state index in [1.165, 1.54) is 5.41 Å². The third-order valence-corrected chi connectivity index (χ3v) is 6.12. The number of nitrogens with zero attached hydrogens (tertiary/aromatic N) is 1. The summed E-state index contributed by atoms with van der Waals surface area (Å²) in [4.78, 5) is 14.4. The molecule has 0 spiro atoms. The minimum Gasteiger partial charge on any atom is -0.484 e. The Morgan fingerprint density at radius 3 is 2.59 bits per heavy atom. The summed E-state index contributed by atoms with van der Waals surface area (Å²) in [5.41, 5.74) is 1.78. The standard InChI is InChI=1S/C20H20ClNO4S/c1-15-11-18(7-8-19(15)21)26-13-20(23)22(12-16-5-3-2-4-6-16)17-9-10-27(24,25)14-17/h2-11,17H,12-14H2,1H3/t17-/m0/s1. The van der Waals surface area contributed by atoms with E-state index in [0.717, 1.165) is 11.1 Å². The quantitative estimate of drug-likeness (QED) is 0.739. The van der Waals surface area contributed by atoms with E-state index in [4.69, 9.17) is 16.3 Å². The van der Waals surface area contributed by atoms with Crippen LogP contribution in [-0.4, -0.2) is 37.6 Å². The summed E-state index contributed by atoms with van der Waals surface area (Å²) >= 11 is 6.00. The summed E-state index contributed by atoms with van der Waals surface area (Å²) in [5, 5.41) is 1.80. The van der Waals surface area contributed by atoms with E-state index in [9.17, 15) is 13.2 Å². The minimum atomic E-state index is -3.27. The second-order valence-electron chi connectivity index (χ2n) is 6.43. The molecule has 3 rings (SSSR count). The van der Waals surface area contributed by atoms with Crippen molar-refractivity contribution in [3.8, 4) is 5.75 Å². The van der Waals surface area contributed by atoms with E-state index in [2.05, 4.69) is 0 Å². The van der Waals surface area contributed by atoms with Gasteiger partial charge in [-0.1, -0.05) is 41.9 Å². The molecule has 0 radical (unpaired) electrons. The van der Waals surface area contributed by atoms with Gasteiger partial charge in [0.15, 0.2) is 16.4 Å². The summed E-state index contributed by atoms with van der Waals surface area (Å²) in [6, 6.07) is 14.1. The second kappa shape index (κ2) is 8.15. The molecule has 0 aromatic heterocycles. The Labute approximate surface area is 164 Å². The average molecular weight is 406 g/mol. The molecule has 0 unspecified atom stereocenters. The van der Waals surface area contributed by atoms with Gasteiger partial charge in [0, 0.05) is 17.0 Å². The van der Waals surface area contributed by atoms with Crippen molar-refractivity contribution in [2.24, 2.45) is 0 Å². The maximum atomic E-state index is 12.8. The fourth-order valence-electron chi connectivity index (χ4n) is 2.86. The Kier molecular flexibility index (Phi) is 5.87. The Hall–Kier alpha value is -2.31. The summed E-state index contributed by atoms with van der Waals surface area (Å²) in [6.45, 7) is 1.98. The van der Waals surface area contributed by atoms with Crippen molar-refractivity contribution in [2.45, 2.75) is 19.5 Å². The molecule has 7 heteroatoms. The van der Waals surface area contributed by atoms with Crippen molar-refractivity contribution in [3.05, 3.63) is 76.2 Å². The van der Waals surface area contributed by atoms with Crippen LogP contribution in [0.1, 0.15) is 11.1 Å². The number of amides is 1. The maximum absolute atomic E-state index is 12.8. The molecule has 0 N–H and O–H groups in total. The lowest BCUT2D eigenvalue weighted by Gasteiger charge is -2.27. The average Bonchev–Trinajstić information content (AvgIpc) is 3.01. The van der Waals surface area contributed by atoms with E-state index >= 15 is 0 Å². The largest absolute Gasteiger partial charge is 0.484 e. The van der Waals surface area contributed by atoms with Crippen LogP contribution in [0.5, 0.6) is 5.75 Å². The van der Waals surface area contributed by atoms with Crippen molar-refractivity contribution in [3.63, 3.8) is 0 Å². The first-order valence-electron chi connectivity index (χ1n) is 8.47. The summed E-state index contributed by atoms with van der Waals surface area (Å²) in [6.07, 6.45) is 1.56. The Bertz CT molecular complexity index is 957. The molecular formula is C20H20ClNO4S. The molecule has 2 aromatic carbocycles. The molecule has 1 heterocycles. The highest BCUT2D eigenvalue weighted by molar-refractivity contribution is 7.94. The molecule has 0 bridgehead atoms. The van der Waals surface area contributed by atoms with Crippen LogP contribution in [0.3, 0.4) is 0 Å². The zero-order chi connectivity index (χ0) is 19.4. The van der Waals surface area contributed by atoms with Gasteiger partial charge in [0.05, 0.1) is 11.8 Å². The highest BCUT2D eigenvalue weighted by Crippen LogP contribution is 2.22. The number of rotatable bonds is 6. The van der Waals surface area contributed by atoms with E-state index in [-0.39, 0.29) is 18.3 Å². The van der Waals surface area contributed by atoms with Crippen LogP contribution in [0.4, 0.5) is 0 Å². The van der Waals surface area contributed by atoms with E-state index in [1.807, 2.05) is 37.3 Å². The molecule has 27 heavy (non-hydrogen) atoms. The van der Waals surface area contributed by atoms with E-state index in [0.29, 0.717) is 17.3 Å². The topological polar surface area (TPSA) is 63.7 Å². The van der Waals surface area contributed by atoms with Gasteiger partial charge >= 0.3 is 0 Å². The number of carbonyl (C=O) groups is 1. The van der Waals surface area contributed by atoms with Crippen LogP contribution in [0, 0.1) is 6.92 Å². The van der Waals surface area contributed by atoms with Crippen molar-refractivity contribution >= 4 is 27.3 Å². The van der Waals surface area contributed by atoms with Crippen LogP contribution in [-0.2, 0) is 21.2 Å². The molecule has 142 valence electrons. The van der Waals surface area contributed by atoms with Crippen molar-refractivity contribution in [1.29, 1.82) is 0 Å². The van der Waals surface area contributed by atoms with Gasteiger partial charge in [0.1, 0.15) is 5.75 Å². The van der Waals surface area contributed by atoms with Crippen LogP contribution in [0.2, 0.25) is 5.02 Å². The van der Waals surface area contributed by atoms with Gasteiger partial charge in [-0.2, -0.15) is 0 Å². The predicted molar refractivity (Wildman–Crippen MR) is 105 cm³/mol. The molecule has 1 aliphatic heterocycles. The maximum Gasteiger partial charge on any atom is 0.261 e. The highest BCUT2D eigenvalue weighted by Gasteiger charge is 2.30. The summed E-state index contributed by atoms with van der Waals surface area (Å²) in [7, 11) is -3.27. The third-order valence-electron chi connectivity index (χ3n) is 4.32. The van der Waals surface area contributed by atoms with E-state index in [1.54, 1.807) is 29.2 Å². The second-order valence-corrected chi connectivity index (χ2v) is 8.77. The van der Waals surface area contributed by atoms with Crippen LogP contribution >= 0.6 is 11.6 Å². The number of benzene rings is 2. The predicted octanol–water partition coefficient (Wildman–Crippen LogP) is 3.37. The Morgan fingerprint density at radius 1 is 1.22 bits per heavy atom. The number of aryl methyl sites for hydroxylation is 1. The molecule has 0 fully saturated rings. The smallest absolute Gasteiger partial charge is 0.261 e. The van der Waals surface area contributed by atoms with Crippen molar-refractivity contribution in [2.75, 3.05) is 12.4 Å². The number of ether oxygens (including phenoxy) is 1. The van der Waals surface area contributed by atoms with Gasteiger partial charge in [-0.25, -0.2) is 8.42 Å². The SMILES string of the molecule is Cc1cc(OCC(=O)N(Cc2ccccc2)[C@H]2C=CS(=O)(=O)C2)ccc1Cl. The number of hydrogen-bond acceptors (Lipinski definition) is 4. The van der Waals surface area contributed by atoms with Crippen LogP contribution < -0.4 is 4.74 Å². The van der Waals surface area contributed by atoms with Gasteiger partial charge < -0.3 is 9.64 Å². The van der Waals surface area contributed by atoms with Gasteiger partial charge in [-0.3, -0.25) is 4.79 Å². The first-order valence-corrected chi connectivity index (χ1v) is 10.6. The molecule has 1 atom stereocenters. The minimum absolute atomic E-state index is 0.106. The molecule has 0 saturated heterocycles. The molecule has 2 aromatic rings. The summed E-state index contributed by atoms with van der Waals surface area (Å²) < 4.78 is 29.2. The molecule has 0 saturated carbocycles. The van der Waals surface area contributed by atoms with Crippen LogP contribution in [0.25, 0.3) is 0 Å². The van der Waals surface area contributed by atoms with Crippen molar-refractivity contribution in [1.82, 2.24) is 4.90 Å². The lowest BCUT2D eigenvalue weighted by molar-refractivity contribution is -0.135. The fraction of sp³-hybridized carbons (Fsp3) is 0.250. The van der Waals surface area contributed by atoms with Gasteiger partial charge in [-0.15, -0.1) is 0 Å². The Morgan fingerprint density at radius 2 is 1.96 bits per heavy atom. The number of halogens is 1. The third kappa shape index (κ3) is 5.11. The first kappa shape index (κ1) is 19.5. The highest BCUT2D eigenvalue weighted by atomic mass is 35.5. The Balaban J connectivity index is 1.74. The fourth-order valence-corrected chi connectivity index (χ4v) is 4.28. The molecular weight excluding hydrogens is 386 g/mol. The monoisotopic (exact) mass is 405 g/mol. The number of carbonyl (C=O) groups excluding carboxylic acids is 1. The lowest BCUT2D eigenvalue weighted by Crippen LogP contribution is -2.42. The zero-order valence-corrected chi connectivity index (χ0v) is 16.4. The summed E-state index contributed by atoms with van der Waals surface area (Å²) in [5.74, 6) is 0.156. The molecule has 1 aliphatic rings. The van der Waals surface area contributed by atoms with Gasteiger partial charge in [0.2, 0.25) is 0 Å². The zero-order valence-electron chi connectivity index (χ0n) is 14.8. The van der Waals surface area contributed by atoms with Crippen LogP contribution in [0.15, 0.2) is 60.0 Å². The molecule has 1 amide bonds. The molecule has 5 nitrogen and oxygen atoms in total. The van der Waals surface area contributed by atoms with Crippen molar-refractivity contribution < 1.29 is 17.9 Å². The number of hydrogen-bond donors (Lipinski definition) is 0. The first-order chi connectivity index (χ1) is 12.8. The normalized spacial score (nSPS) is 17.6. The van der Waals surface area contributed by atoms with Gasteiger partial charge in [-0.05, 0) is 42.3 Å².